The molecule has 19 heavy (non-hydrogen) atoms. The third kappa shape index (κ3) is 1.90. The number of carbonyl (C=O) groups excluding carboxylic acids is 1. The molecule has 96 valence electrons. The molecule has 0 amide bonds. The molecule has 0 spiro atoms. The Kier molecular flexibility index (Phi) is 2.79. The number of hydrogen-bond donors (Lipinski definition) is 0. The fourth-order valence-electron chi connectivity index (χ4n) is 1.83. The molecular weight excluding hydrogens is 264 g/mol. The summed E-state index contributed by atoms with van der Waals surface area (Å²) in [4.78, 5) is 16.2. The first-order valence-electron chi connectivity index (χ1n) is 5.61. The number of aryl methyl sites for hydroxylation is 1. The van der Waals surface area contributed by atoms with E-state index < -0.39 is 5.97 Å². The molecule has 3 rings (SSSR count). The van der Waals surface area contributed by atoms with Gasteiger partial charge in [-0.3, -0.25) is 0 Å². The van der Waals surface area contributed by atoms with Gasteiger partial charge in [-0.1, -0.05) is 17.3 Å². The highest BCUT2D eigenvalue weighted by Crippen LogP contribution is 2.32. The predicted molar refractivity (Wildman–Crippen MR) is 71.2 cm³/mol. The average molecular weight is 274 g/mol. The Morgan fingerprint density at radius 1 is 1.37 bits per heavy atom. The van der Waals surface area contributed by atoms with Crippen LogP contribution in [0.4, 0.5) is 0 Å². The van der Waals surface area contributed by atoms with Gasteiger partial charge in [-0.05, 0) is 19.1 Å². The molecule has 6 heteroatoms. The zero-order valence-electron chi connectivity index (χ0n) is 10.3. The third-order valence-corrected chi connectivity index (χ3v) is 3.79. The number of carbonyl (C=O) groups is 1. The Morgan fingerprint density at radius 3 is 2.89 bits per heavy atom. The molecular formula is C13H10N2O3S. The summed E-state index contributed by atoms with van der Waals surface area (Å²) in [5.74, 6) is -0.0332. The van der Waals surface area contributed by atoms with Crippen LogP contribution < -0.4 is 0 Å². The first kappa shape index (κ1) is 11.9. The monoisotopic (exact) mass is 274 g/mol. The van der Waals surface area contributed by atoms with Gasteiger partial charge >= 0.3 is 5.97 Å². The van der Waals surface area contributed by atoms with E-state index in [1.54, 1.807) is 6.92 Å². The molecule has 0 unspecified atom stereocenters. The van der Waals surface area contributed by atoms with Crippen LogP contribution in [-0.2, 0) is 4.74 Å². The molecule has 3 aromatic rings. The van der Waals surface area contributed by atoms with Crippen LogP contribution in [0.1, 0.15) is 16.1 Å². The lowest BCUT2D eigenvalue weighted by Gasteiger charge is -1.96. The maximum absolute atomic E-state index is 11.8. The van der Waals surface area contributed by atoms with E-state index in [1.165, 1.54) is 18.4 Å². The second kappa shape index (κ2) is 4.47. The van der Waals surface area contributed by atoms with Crippen LogP contribution in [0.5, 0.6) is 0 Å². The number of methoxy groups -OCH3 is 1. The van der Waals surface area contributed by atoms with Crippen LogP contribution in [0.25, 0.3) is 20.9 Å². The van der Waals surface area contributed by atoms with Crippen LogP contribution in [0.15, 0.2) is 28.8 Å². The lowest BCUT2D eigenvalue weighted by Crippen LogP contribution is -2.03. The van der Waals surface area contributed by atoms with Gasteiger partial charge in [0.1, 0.15) is 16.3 Å². The van der Waals surface area contributed by atoms with Crippen molar-refractivity contribution in [1.29, 1.82) is 0 Å². The minimum atomic E-state index is -0.465. The number of nitrogens with zero attached hydrogens (tertiary/aromatic N) is 2. The lowest BCUT2D eigenvalue weighted by atomic mass is 10.2. The number of rotatable bonds is 2. The highest BCUT2D eigenvalue weighted by molar-refractivity contribution is 7.21. The summed E-state index contributed by atoms with van der Waals surface area (Å²) in [7, 11) is 1.33. The molecule has 0 saturated carbocycles. The summed E-state index contributed by atoms with van der Waals surface area (Å²) in [6.07, 6.45) is 0. The zero-order chi connectivity index (χ0) is 13.4. The summed E-state index contributed by atoms with van der Waals surface area (Å²) in [5, 5.41) is 4.57. The van der Waals surface area contributed by atoms with E-state index in [1.807, 2.05) is 24.3 Å². The Labute approximate surface area is 112 Å². The fourth-order valence-corrected chi connectivity index (χ4v) is 2.79. The van der Waals surface area contributed by atoms with Crippen LogP contribution >= 0.6 is 11.3 Å². The number of benzene rings is 1. The van der Waals surface area contributed by atoms with Gasteiger partial charge in [-0.2, -0.15) is 0 Å². The SMILES string of the molecule is COC(=O)c1c(-c2nc3ccccc3s2)noc1C. The number of para-hydroxylation sites is 1. The van der Waals surface area contributed by atoms with Crippen molar-refractivity contribution >= 4 is 27.5 Å². The maximum Gasteiger partial charge on any atom is 0.343 e. The number of esters is 1. The Hall–Kier alpha value is -2.21. The minimum Gasteiger partial charge on any atom is -0.465 e. The lowest BCUT2D eigenvalue weighted by molar-refractivity contribution is 0.0599. The number of fused-ring (bicyclic) bond motifs is 1. The van der Waals surface area contributed by atoms with E-state index in [2.05, 4.69) is 10.1 Å². The molecule has 0 aliphatic heterocycles. The second-order valence-electron chi connectivity index (χ2n) is 3.94. The number of aromatic nitrogens is 2. The van der Waals surface area contributed by atoms with Crippen molar-refractivity contribution in [2.24, 2.45) is 0 Å². The van der Waals surface area contributed by atoms with Crippen LogP contribution in [0.3, 0.4) is 0 Å². The Bertz CT molecular complexity index is 727. The maximum atomic E-state index is 11.8. The molecule has 5 nitrogen and oxygen atoms in total. The second-order valence-corrected chi connectivity index (χ2v) is 4.97. The van der Waals surface area contributed by atoms with Crippen molar-refractivity contribution < 1.29 is 14.1 Å². The molecule has 2 aromatic heterocycles. The van der Waals surface area contributed by atoms with Gasteiger partial charge in [0.2, 0.25) is 0 Å². The molecule has 2 heterocycles. The van der Waals surface area contributed by atoms with Gasteiger partial charge in [0.05, 0.1) is 17.3 Å². The van der Waals surface area contributed by atoms with Crippen molar-refractivity contribution in [3.05, 3.63) is 35.6 Å². The van der Waals surface area contributed by atoms with E-state index in [-0.39, 0.29) is 0 Å². The molecule has 0 radical (unpaired) electrons. The average Bonchev–Trinajstić information content (AvgIpc) is 3.00. The van der Waals surface area contributed by atoms with Crippen molar-refractivity contribution in [3.8, 4) is 10.7 Å². The fraction of sp³-hybridized carbons (Fsp3) is 0.154. The summed E-state index contributed by atoms with van der Waals surface area (Å²) in [6, 6.07) is 7.75. The summed E-state index contributed by atoms with van der Waals surface area (Å²) in [5.41, 5.74) is 1.64. The van der Waals surface area contributed by atoms with E-state index in [0.717, 1.165) is 10.2 Å². The summed E-state index contributed by atoms with van der Waals surface area (Å²) >= 11 is 1.46. The Balaban J connectivity index is 2.19. The van der Waals surface area contributed by atoms with E-state index in [9.17, 15) is 4.79 Å². The van der Waals surface area contributed by atoms with Crippen molar-refractivity contribution in [1.82, 2.24) is 10.1 Å². The van der Waals surface area contributed by atoms with Crippen LogP contribution in [-0.4, -0.2) is 23.2 Å². The smallest absolute Gasteiger partial charge is 0.343 e. The van der Waals surface area contributed by atoms with E-state index in [4.69, 9.17) is 9.26 Å². The molecule has 0 atom stereocenters. The zero-order valence-corrected chi connectivity index (χ0v) is 11.2. The largest absolute Gasteiger partial charge is 0.465 e. The minimum absolute atomic E-state index is 0.335. The van der Waals surface area contributed by atoms with Crippen molar-refractivity contribution in [2.75, 3.05) is 7.11 Å². The van der Waals surface area contributed by atoms with Crippen LogP contribution in [0.2, 0.25) is 0 Å². The van der Waals surface area contributed by atoms with Gasteiger partial charge < -0.3 is 9.26 Å². The van der Waals surface area contributed by atoms with Gasteiger partial charge in [0.15, 0.2) is 5.69 Å². The van der Waals surface area contributed by atoms with Gasteiger partial charge in [0.25, 0.3) is 0 Å². The third-order valence-electron chi connectivity index (χ3n) is 2.75. The molecule has 0 aliphatic carbocycles. The molecule has 0 bridgehead atoms. The predicted octanol–water partition coefficient (Wildman–Crippen LogP) is 3.05. The van der Waals surface area contributed by atoms with Crippen molar-refractivity contribution in [2.45, 2.75) is 6.92 Å². The number of ether oxygens (including phenoxy) is 1. The summed E-state index contributed by atoms with van der Waals surface area (Å²) in [6.45, 7) is 1.68. The Morgan fingerprint density at radius 2 is 2.16 bits per heavy atom. The van der Waals surface area contributed by atoms with Gasteiger partial charge in [-0.15, -0.1) is 11.3 Å². The highest BCUT2D eigenvalue weighted by Gasteiger charge is 2.24. The quantitative estimate of drug-likeness (QED) is 0.672. The van der Waals surface area contributed by atoms with Gasteiger partial charge in [0, 0.05) is 0 Å². The molecule has 0 N–H and O–H groups in total. The van der Waals surface area contributed by atoms with Gasteiger partial charge in [-0.25, -0.2) is 9.78 Å². The first-order chi connectivity index (χ1) is 9.20. The first-order valence-corrected chi connectivity index (χ1v) is 6.43. The molecule has 1 aromatic carbocycles. The van der Waals surface area contributed by atoms with E-state index in [0.29, 0.717) is 22.0 Å². The van der Waals surface area contributed by atoms with Crippen molar-refractivity contribution in [3.63, 3.8) is 0 Å². The van der Waals surface area contributed by atoms with E-state index >= 15 is 0 Å². The normalized spacial score (nSPS) is 10.8. The number of hydrogen-bond acceptors (Lipinski definition) is 6. The molecule has 0 fully saturated rings. The molecule has 0 saturated heterocycles. The number of thiazole rings is 1. The topological polar surface area (TPSA) is 65.2 Å². The highest BCUT2D eigenvalue weighted by atomic mass is 32.1. The molecule has 0 aliphatic rings. The summed E-state index contributed by atoms with van der Waals surface area (Å²) < 4.78 is 10.9. The van der Waals surface area contributed by atoms with Crippen LogP contribution in [0, 0.1) is 6.92 Å². The standard InChI is InChI=1S/C13H10N2O3S/c1-7-10(13(16)17-2)11(15-18-7)12-14-8-5-3-4-6-9(8)19-12/h3-6H,1-2H3.